The fourth-order valence-electron chi connectivity index (χ4n) is 1.91. The van der Waals surface area contributed by atoms with E-state index < -0.39 is 0 Å². The zero-order valence-corrected chi connectivity index (χ0v) is 11.9. The van der Waals surface area contributed by atoms with Crippen LogP contribution in [0.2, 0.25) is 0 Å². The Morgan fingerprint density at radius 1 is 1.37 bits per heavy atom. The molecular weight excluding hydrogens is 260 g/mol. The standard InChI is InChI=1S/C14H18N2O2S/c1-9-3-5-11(6-4-9)12(17)8-19-14-15-10(2)7-13(18)16-14/h3-6,10,14-15H,7-8H2,1-2H3,(H,16,18). The molecule has 19 heavy (non-hydrogen) atoms. The zero-order valence-electron chi connectivity index (χ0n) is 11.1. The van der Waals surface area contributed by atoms with Gasteiger partial charge in [0.15, 0.2) is 5.78 Å². The molecule has 1 heterocycles. The van der Waals surface area contributed by atoms with E-state index in [1.54, 1.807) is 0 Å². The Balaban J connectivity index is 1.86. The Kier molecular flexibility index (Phi) is 4.61. The van der Waals surface area contributed by atoms with Gasteiger partial charge in [-0.15, -0.1) is 11.8 Å². The number of hydrogen-bond acceptors (Lipinski definition) is 4. The normalized spacial score (nSPS) is 22.9. The fraction of sp³-hybridized carbons (Fsp3) is 0.429. The third-order valence-electron chi connectivity index (χ3n) is 2.97. The number of ketones is 1. The van der Waals surface area contributed by atoms with Gasteiger partial charge in [-0.3, -0.25) is 14.9 Å². The number of hydrogen-bond donors (Lipinski definition) is 2. The van der Waals surface area contributed by atoms with Gasteiger partial charge in [-0.1, -0.05) is 29.8 Å². The van der Waals surface area contributed by atoms with Crippen LogP contribution in [-0.2, 0) is 4.79 Å². The molecule has 0 aromatic heterocycles. The topological polar surface area (TPSA) is 58.2 Å². The van der Waals surface area contributed by atoms with Gasteiger partial charge in [0.2, 0.25) is 5.91 Å². The maximum atomic E-state index is 12.0. The first kappa shape index (κ1) is 14.1. The molecule has 5 heteroatoms. The van der Waals surface area contributed by atoms with E-state index in [0.717, 1.165) is 5.56 Å². The van der Waals surface area contributed by atoms with Crippen LogP contribution in [-0.4, -0.2) is 29.0 Å². The number of carbonyl (C=O) groups is 2. The maximum Gasteiger partial charge on any atom is 0.223 e. The Morgan fingerprint density at radius 2 is 2.05 bits per heavy atom. The molecule has 1 saturated heterocycles. The molecule has 0 saturated carbocycles. The molecule has 0 aliphatic carbocycles. The van der Waals surface area contributed by atoms with E-state index in [1.807, 2.05) is 38.1 Å². The van der Waals surface area contributed by atoms with Crippen molar-refractivity contribution < 1.29 is 9.59 Å². The minimum Gasteiger partial charge on any atom is -0.332 e. The van der Waals surface area contributed by atoms with Crippen LogP contribution in [0.1, 0.15) is 29.3 Å². The number of amides is 1. The minimum atomic E-state index is -0.175. The third-order valence-corrected chi connectivity index (χ3v) is 3.99. The molecule has 1 fully saturated rings. The van der Waals surface area contributed by atoms with Crippen LogP contribution in [0.3, 0.4) is 0 Å². The van der Waals surface area contributed by atoms with Crippen molar-refractivity contribution >= 4 is 23.5 Å². The third kappa shape index (κ3) is 4.08. The molecule has 1 amide bonds. The predicted molar refractivity (Wildman–Crippen MR) is 77.1 cm³/mol. The van der Waals surface area contributed by atoms with E-state index in [9.17, 15) is 9.59 Å². The van der Waals surface area contributed by atoms with Crippen molar-refractivity contribution in [2.45, 2.75) is 31.8 Å². The van der Waals surface area contributed by atoms with E-state index in [1.165, 1.54) is 11.8 Å². The second-order valence-electron chi connectivity index (χ2n) is 4.82. The molecule has 0 radical (unpaired) electrons. The fourth-order valence-corrected chi connectivity index (χ4v) is 2.94. The number of thioether (sulfide) groups is 1. The first-order valence-corrected chi connectivity index (χ1v) is 7.36. The Morgan fingerprint density at radius 3 is 2.68 bits per heavy atom. The van der Waals surface area contributed by atoms with Crippen molar-refractivity contribution in [1.29, 1.82) is 0 Å². The molecule has 0 bridgehead atoms. The molecule has 2 N–H and O–H groups in total. The minimum absolute atomic E-state index is 0.0338. The Hall–Kier alpha value is -1.33. The average molecular weight is 278 g/mol. The molecule has 4 nitrogen and oxygen atoms in total. The molecule has 0 spiro atoms. The summed E-state index contributed by atoms with van der Waals surface area (Å²) in [5.74, 6) is 0.471. The van der Waals surface area contributed by atoms with Crippen LogP contribution in [0.5, 0.6) is 0 Å². The van der Waals surface area contributed by atoms with Gasteiger partial charge in [-0.05, 0) is 13.8 Å². The van der Waals surface area contributed by atoms with Gasteiger partial charge in [-0.2, -0.15) is 0 Å². The van der Waals surface area contributed by atoms with Crippen LogP contribution >= 0.6 is 11.8 Å². The van der Waals surface area contributed by atoms with Crippen molar-refractivity contribution in [1.82, 2.24) is 10.6 Å². The van der Waals surface area contributed by atoms with Crippen molar-refractivity contribution in [2.24, 2.45) is 0 Å². The van der Waals surface area contributed by atoms with Gasteiger partial charge in [-0.25, -0.2) is 0 Å². The molecule has 1 aliphatic rings. The van der Waals surface area contributed by atoms with E-state index in [0.29, 0.717) is 17.7 Å². The van der Waals surface area contributed by atoms with Gasteiger partial charge < -0.3 is 5.32 Å². The van der Waals surface area contributed by atoms with Crippen molar-refractivity contribution in [3.63, 3.8) is 0 Å². The summed E-state index contributed by atoms with van der Waals surface area (Å²) < 4.78 is 0. The first-order valence-electron chi connectivity index (χ1n) is 6.31. The highest BCUT2D eigenvalue weighted by atomic mass is 32.2. The lowest BCUT2D eigenvalue weighted by Crippen LogP contribution is -2.53. The molecular formula is C14H18N2O2S. The van der Waals surface area contributed by atoms with Gasteiger partial charge >= 0.3 is 0 Å². The van der Waals surface area contributed by atoms with E-state index in [-0.39, 0.29) is 23.2 Å². The van der Waals surface area contributed by atoms with Crippen LogP contribution in [0.15, 0.2) is 24.3 Å². The SMILES string of the molecule is Cc1ccc(C(=O)CSC2NC(=O)CC(C)N2)cc1. The summed E-state index contributed by atoms with van der Waals surface area (Å²) in [6, 6.07) is 7.70. The van der Waals surface area contributed by atoms with E-state index in [4.69, 9.17) is 0 Å². The van der Waals surface area contributed by atoms with Crippen LogP contribution < -0.4 is 10.6 Å². The molecule has 1 aromatic carbocycles. The van der Waals surface area contributed by atoms with Crippen LogP contribution in [0.4, 0.5) is 0 Å². The van der Waals surface area contributed by atoms with Gasteiger partial charge in [0, 0.05) is 18.0 Å². The second kappa shape index (κ2) is 6.21. The predicted octanol–water partition coefficient (Wildman–Crippen LogP) is 1.69. The van der Waals surface area contributed by atoms with E-state index in [2.05, 4.69) is 10.6 Å². The number of rotatable bonds is 4. The lowest BCUT2D eigenvalue weighted by atomic mass is 10.1. The summed E-state index contributed by atoms with van der Waals surface area (Å²) in [5, 5.41) is 6.06. The first-order chi connectivity index (χ1) is 9.04. The lowest BCUT2D eigenvalue weighted by Gasteiger charge is -2.28. The van der Waals surface area contributed by atoms with Crippen molar-refractivity contribution in [3.8, 4) is 0 Å². The highest BCUT2D eigenvalue weighted by molar-refractivity contribution is 8.00. The summed E-state index contributed by atoms with van der Waals surface area (Å²) in [6.45, 7) is 3.96. The second-order valence-corrected chi connectivity index (χ2v) is 5.91. The number of carbonyl (C=O) groups excluding carboxylic acids is 2. The number of Topliss-reactive ketones (excluding diaryl/α,β-unsaturated/α-hetero) is 1. The lowest BCUT2D eigenvalue weighted by molar-refractivity contribution is -0.123. The molecule has 1 aliphatic heterocycles. The molecule has 2 unspecified atom stereocenters. The monoisotopic (exact) mass is 278 g/mol. The number of benzene rings is 1. The average Bonchev–Trinajstić information content (AvgIpc) is 2.36. The summed E-state index contributed by atoms with van der Waals surface area (Å²) in [7, 11) is 0. The number of nitrogens with one attached hydrogen (secondary N) is 2. The molecule has 102 valence electrons. The van der Waals surface area contributed by atoms with Crippen molar-refractivity contribution in [3.05, 3.63) is 35.4 Å². The smallest absolute Gasteiger partial charge is 0.223 e. The molecule has 2 atom stereocenters. The van der Waals surface area contributed by atoms with Gasteiger partial charge in [0.25, 0.3) is 0 Å². The van der Waals surface area contributed by atoms with Crippen molar-refractivity contribution in [2.75, 3.05) is 5.75 Å². The summed E-state index contributed by atoms with van der Waals surface area (Å²) in [4.78, 5) is 23.4. The summed E-state index contributed by atoms with van der Waals surface area (Å²) >= 11 is 1.42. The number of aryl methyl sites for hydroxylation is 1. The maximum absolute atomic E-state index is 12.0. The largest absolute Gasteiger partial charge is 0.332 e. The van der Waals surface area contributed by atoms with Crippen LogP contribution in [0.25, 0.3) is 0 Å². The highest BCUT2D eigenvalue weighted by Crippen LogP contribution is 2.14. The zero-order chi connectivity index (χ0) is 13.8. The Bertz CT molecular complexity index is 473. The van der Waals surface area contributed by atoms with Gasteiger partial charge in [0.05, 0.1) is 5.75 Å². The van der Waals surface area contributed by atoms with Crippen LogP contribution in [0, 0.1) is 6.92 Å². The molecule has 1 aromatic rings. The van der Waals surface area contributed by atoms with E-state index >= 15 is 0 Å². The summed E-state index contributed by atoms with van der Waals surface area (Å²) in [5.41, 5.74) is 1.68. The molecule has 2 rings (SSSR count). The highest BCUT2D eigenvalue weighted by Gasteiger charge is 2.23. The quantitative estimate of drug-likeness (QED) is 0.823. The summed E-state index contributed by atoms with van der Waals surface area (Å²) in [6.07, 6.45) is 0.489. The Labute approximate surface area is 117 Å². The van der Waals surface area contributed by atoms with Gasteiger partial charge in [0.1, 0.15) is 5.50 Å².